The molecule has 4 rings (SSSR count). The highest BCUT2D eigenvalue weighted by Crippen LogP contribution is 2.41. The summed E-state index contributed by atoms with van der Waals surface area (Å²) < 4.78 is 23.9. The molecule has 0 spiro atoms. The fourth-order valence-corrected chi connectivity index (χ4v) is 6.06. The second-order valence-corrected chi connectivity index (χ2v) is 10.6. The van der Waals surface area contributed by atoms with Gasteiger partial charge in [0.2, 0.25) is 10.6 Å². The summed E-state index contributed by atoms with van der Waals surface area (Å²) >= 11 is 0. The minimum Gasteiger partial charge on any atom is -0.868 e. The predicted molar refractivity (Wildman–Crippen MR) is 136 cm³/mol. The molecule has 2 aromatic heterocycles. The summed E-state index contributed by atoms with van der Waals surface area (Å²) in [5.41, 5.74) is 0.301. The number of fused-ring (bicyclic) bond motifs is 1. The highest BCUT2D eigenvalue weighted by Gasteiger charge is 2.29. The molecule has 1 saturated carbocycles. The second-order valence-electron chi connectivity index (χ2n) is 8.55. The molecule has 0 bridgehead atoms. The normalized spacial score (nSPS) is 15.1. The van der Waals surface area contributed by atoms with Gasteiger partial charge in [-0.1, -0.05) is 25.3 Å². The predicted octanol–water partition coefficient (Wildman–Crippen LogP) is 3.69. The minimum atomic E-state index is -0.607. The zero-order chi connectivity index (χ0) is 24.9. The molecule has 1 aliphatic rings. The number of ether oxygens (including phenoxy) is 4. The van der Waals surface area contributed by atoms with Crippen molar-refractivity contribution < 1.29 is 24.1 Å². The van der Waals surface area contributed by atoms with Crippen LogP contribution in [0.25, 0.3) is 11.0 Å². The zero-order valence-electron chi connectivity index (χ0n) is 20.7. The van der Waals surface area contributed by atoms with Gasteiger partial charge >= 0.3 is 5.56 Å². The van der Waals surface area contributed by atoms with Gasteiger partial charge in [-0.3, -0.25) is 9.36 Å². The van der Waals surface area contributed by atoms with Gasteiger partial charge in [0.25, 0.3) is 0 Å². The fraction of sp³-hybridized carbons (Fsp3) is 0.462. The molecular weight excluding hydrogens is 468 g/mol. The van der Waals surface area contributed by atoms with Crippen molar-refractivity contribution in [3.8, 4) is 28.7 Å². The largest absolute Gasteiger partial charge is 0.868 e. The van der Waals surface area contributed by atoms with Crippen LogP contribution in [0.1, 0.15) is 38.1 Å². The molecule has 1 unspecified atom stereocenters. The van der Waals surface area contributed by atoms with Crippen LogP contribution in [0.2, 0.25) is 0 Å². The highest BCUT2D eigenvalue weighted by atomic mass is 32.2. The standard InChI is InChI=1S/C26H32N2O6S/c1-31-20-15-18(16-21(32-2)23(20)33-3)34-13-14-35(4)24-22(29)19-11-8-12-27-25(19)28(26(24)30)17-9-6-5-7-10-17/h8,11-12,15-17H,5-7,9-10,13-14H2,1-4H3. The number of hydrogen-bond acceptors (Lipinski definition) is 7. The van der Waals surface area contributed by atoms with Crippen molar-refractivity contribution in [1.82, 2.24) is 9.55 Å². The molecule has 0 amide bonds. The molecule has 0 radical (unpaired) electrons. The van der Waals surface area contributed by atoms with Crippen molar-refractivity contribution in [1.29, 1.82) is 0 Å². The first kappa shape index (κ1) is 25.0. The summed E-state index contributed by atoms with van der Waals surface area (Å²) in [6.45, 7) is 0.325. The third-order valence-corrected chi connectivity index (χ3v) is 8.30. The van der Waals surface area contributed by atoms with Crippen LogP contribution in [0.15, 0.2) is 40.2 Å². The molecule has 1 fully saturated rings. The van der Waals surface area contributed by atoms with E-state index in [2.05, 4.69) is 4.98 Å². The van der Waals surface area contributed by atoms with E-state index in [1.165, 1.54) is 6.42 Å². The number of pyridine rings is 2. The summed E-state index contributed by atoms with van der Waals surface area (Å²) in [6.07, 6.45) is 8.80. The summed E-state index contributed by atoms with van der Waals surface area (Å²) in [4.78, 5) is 18.4. The summed E-state index contributed by atoms with van der Waals surface area (Å²) in [5.74, 6) is 2.34. The Hall–Kier alpha value is -3.07. The van der Waals surface area contributed by atoms with Gasteiger partial charge in [0.15, 0.2) is 11.5 Å². The lowest BCUT2D eigenvalue weighted by Crippen LogP contribution is -2.33. The van der Waals surface area contributed by atoms with E-state index >= 15 is 0 Å². The summed E-state index contributed by atoms with van der Waals surface area (Å²) in [7, 11) is 4.03. The Labute approximate surface area is 208 Å². The first-order valence-electron chi connectivity index (χ1n) is 11.8. The lowest BCUT2D eigenvalue weighted by atomic mass is 9.95. The maximum absolute atomic E-state index is 13.7. The average Bonchev–Trinajstić information content (AvgIpc) is 2.88. The van der Waals surface area contributed by atoms with E-state index < -0.39 is 10.9 Å². The van der Waals surface area contributed by atoms with E-state index in [-0.39, 0.29) is 17.4 Å². The number of rotatable bonds is 9. The van der Waals surface area contributed by atoms with Gasteiger partial charge in [0, 0.05) is 40.7 Å². The van der Waals surface area contributed by atoms with E-state index in [4.69, 9.17) is 18.9 Å². The van der Waals surface area contributed by atoms with Crippen LogP contribution >= 0.6 is 0 Å². The molecule has 1 atom stereocenters. The number of methoxy groups -OCH3 is 3. The van der Waals surface area contributed by atoms with E-state index in [1.54, 1.807) is 56.4 Å². The molecule has 8 nitrogen and oxygen atoms in total. The molecule has 3 aromatic rings. The quantitative estimate of drug-likeness (QED) is 0.414. The van der Waals surface area contributed by atoms with Crippen molar-refractivity contribution >= 4 is 21.9 Å². The molecule has 2 heterocycles. The summed E-state index contributed by atoms with van der Waals surface area (Å²) in [6, 6.07) is 7.07. The van der Waals surface area contributed by atoms with Crippen molar-refractivity contribution in [2.75, 3.05) is 39.9 Å². The first-order valence-corrected chi connectivity index (χ1v) is 13.6. The van der Waals surface area contributed by atoms with E-state index in [0.717, 1.165) is 25.7 Å². The van der Waals surface area contributed by atoms with Crippen LogP contribution in [0.4, 0.5) is 0 Å². The van der Waals surface area contributed by atoms with Gasteiger partial charge in [0.1, 0.15) is 30.0 Å². The number of benzene rings is 1. The van der Waals surface area contributed by atoms with Crippen LogP contribution in [0.3, 0.4) is 0 Å². The van der Waals surface area contributed by atoms with Gasteiger partial charge in [0.05, 0.1) is 21.3 Å². The number of nitrogens with zero attached hydrogens (tertiary/aromatic N) is 2. The molecule has 1 aliphatic carbocycles. The van der Waals surface area contributed by atoms with Crippen molar-refractivity contribution in [2.24, 2.45) is 0 Å². The Balaban J connectivity index is 1.60. The van der Waals surface area contributed by atoms with E-state index in [1.807, 2.05) is 6.26 Å². The van der Waals surface area contributed by atoms with Crippen LogP contribution in [0, 0.1) is 0 Å². The topological polar surface area (TPSA) is 94.9 Å². The molecule has 0 aliphatic heterocycles. The number of aromatic nitrogens is 2. The maximum Gasteiger partial charge on any atom is 0.307 e. The summed E-state index contributed by atoms with van der Waals surface area (Å²) in [5, 5.41) is 13.9. The van der Waals surface area contributed by atoms with Crippen LogP contribution < -0.4 is 29.6 Å². The molecular formula is C26H32N2O6S. The van der Waals surface area contributed by atoms with Crippen LogP contribution in [-0.2, 0) is 10.9 Å². The Morgan fingerprint density at radius 1 is 1.09 bits per heavy atom. The Morgan fingerprint density at radius 2 is 1.77 bits per heavy atom. The smallest absolute Gasteiger partial charge is 0.307 e. The van der Waals surface area contributed by atoms with Crippen LogP contribution in [0.5, 0.6) is 28.7 Å². The van der Waals surface area contributed by atoms with Crippen molar-refractivity contribution in [3.05, 3.63) is 40.8 Å². The minimum absolute atomic E-state index is 0.0838. The molecule has 35 heavy (non-hydrogen) atoms. The fourth-order valence-electron chi connectivity index (χ4n) is 4.70. The third-order valence-electron chi connectivity index (χ3n) is 6.46. The van der Waals surface area contributed by atoms with Gasteiger partial charge < -0.3 is 24.1 Å². The molecule has 0 N–H and O–H groups in total. The SMILES string of the molecule is COc1cc(OCC[S+](C)c2c([O-])c3cccnc3n(C3CCCCC3)c2=O)cc(OC)c1OC. The van der Waals surface area contributed by atoms with Gasteiger partial charge in [-0.05, 0) is 24.7 Å². The molecule has 0 saturated heterocycles. The highest BCUT2D eigenvalue weighted by molar-refractivity contribution is 7.96. The van der Waals surface area contributed by atoms with Crippen molar-refractivity contribution in [2.45, 2.75) is 43.0 Å². The third kappa shape index (κ3) is 5.00. The molecule has 188 valence electrons. The maximum atomic E-state index is 13.7. The second kappa shape index (κ2) is 11.1. The molecule has 1 aromatic carbocycles. The monoisotopic (exact) mass is 500 g/mol. The van der Waals surface area contributed by atoms with Crippen LogP contribution in [-0.4, -0.2) is 49.5 Å². The average molecular weight is 501 g/mol. The lowest BCUT2D eigenvalue weighted by molar-refractivity contribution is -0.270. The molecule has 9 heteroatoms. The van der Waals surface area contributed by atoms with E-state index in [0.29, 0.717) is 51.3 Å². The lowest BCUT2D eigenvalue weighted by Gasteiger charge is -2.27. The van der Waals surface area contributed by atoms with Gasteiger partial charge in [-0.25, -0.2) is 4.98 Å². The van der Waals surface area contributed by atoms with Crippen molar-refractivity contribution in [3.63, 3.8) is 0 Å². The Kier molecular flexibility index (Phi) is 7.95. The Bertz CT molecular complexity index is 1210. The van der Waals surface area contributed by atoms with Gasteiger partial charge in [-0.15, -0.1) is 0 Å². The Morgan fingerprint density at radius 3 is 2.40 bits per heavy atom. The number of hydrogen-bond donors (Lipinski definition) is 0. The van der Waals surface area contributed by atoms with E-state index in [9.17, 15) is 9.90 Å². The van der Waals surface area contributed by atoms with Gasteiger partial charge in [-0.2, -0.15) is 0 Å². The zero-order valence-corrected chi connectivity index (χ0v) is 21.5. The first-order chi connectivity index (χ1) is 17.0.